The first-order valence-corrected chi connectivity index (χ1v) is 13.4. The van der Waals surface area contributed by atoms with E-state index in [0.29, 0.717) is 24.2 Å². The molecule has 3 atom stereocenters. The minimum Gasteiger partial charge on any atom is -0.482 e. The third-order valence-corrected chi connectivity index (χ3v) is 7.49. The molecule has 0 bridgehead atoms. The number of amides is 2. The van der Waals surface area contributed by atoms with Gasteiger partial charge in [0, 0.05) is 37.4 Å². The highest BCUT2D eigenvalue weighted by Crippen LogP contribution is 2.34. The fraction of sp³-hybridized carbons (Fsp3) is 0.577. The second-order valence-corrected chi connectivity index (χ2v) is 10.4. The number of carbonyl (C=O) groups is 3. The number of halogens is 1. The van der Waals surface area contributed by atoms with Crippen LogP contribution in [0.3, 0.4) is 0 Å². The van der Waals surface area contributed by atoms with Gasteiger partial charge in [0.05, 0.1) is 16.2 Å². The molecule has 0 heterocycles. The quantitative estimate of drug-likeness (QED) is 0.338. The van der Waals surface area contributed by atoms with Crippen molar-refractivity contribution in [1.29, 1.82) is 0 Å². The van der Waals surface area contributed by atoms with Crippen LogP contribution in [0.4, 0.5) is 0 Å². The fourth-order valence-corrected chi connectivity index (χ4v) is 5.41. The van der Waals surface area contributed by atoms with Gasteiger partial charge in [0.2, 0.25) is 11.8 Å². The summed E-state index contributed by atoms with van der Waals surface area (Å²) >= 11 is 2.15. The topological polar surface area (TPSA) is 116 Å². The zero-order valence-corrected chi connectivity index (χ0v) is 22.3. The molecule has 0 saturated heterocycles. The van der Waals surface area contributed by atoms with Crippen LogP contribution < -0.4 is 10.1 Å². The van der Waals surface area contributed by atoms with Gasteiger partial charge in [0.1, 0.15) is 23.7 Å². The number of ether oxygens (including phenoxy) is 1. The van der Waals surface area contributed by atoms with Gasteiger partial charge >= 0.3 is 0 Å². The molecule has 2 amide bonds. The molecule has 0 aliphatic heterocycles. The molecule has 0 unspecified atom stereocenters. The number of nitrogens with zero attached hydrogens (tertiary/aromatic N) is 1. The lowest BCUT2D eigenvalue weighted by Gasteiger charge is -2.43. The van der Waals surface area contributed by atoms with E-state index >= 15 is 0 Å². The summed E-state index contributed by atoms with van der Waals surface area (Å²) in [5, 5.41) is 23.3. The van der Waals surface area contributed by atoms with E-state index < -0.39 is 18.2 Å². The highest BCUT2D eigenvalue weighted by atomic mass is 127. The van der Waals surface area contributed by atoms with Gasteiger partial charge in [-0.15, -0.1) is 0 Å². The molecule has 2 aliphatic rings. The minimum atomic E-state index is -1.03. The van der Waals surface area contributed by atoms with Crippen molar-refractivity contribution in [3.05, 3.63) is 39.5 Å². The lowest BCUT2D eigenvalue weighted by atomic mass is 9.87. The van der Waals surface area contributed by atoms with Crippen LogP contribution in [-0.2, 0) is 14.4 Å². The van der Waals surface area contributed by atoms with Crippen LogP contribution in [0.2, 0.25) is 0 Å². The lowest BCUT2D eigenvalue weighted by Crippen LogP contribution is -2.57. The summed E-state index contributed by atoms with van der Waals surface area (Å²) in [5.74, 6) is 0.180. The number of benzene rings is 1. The van der Waals surface area contributed by atoms with Gasteiger partial charge in [-0.2, -0.15) is 0 Å². The van der Waals surface area contributed by atoms with Crippen LogP contribution >= 0.6 is 22.6 Å². The van der Waals surface area contributed by atoms with Gasteiger partial charge in [-0.05, 0) is 67.0 Å². The number of aliphatic hydroxyl groups excluding tert-OH is 2. The van der Waals surface area contributed by atoms with Crippen molar-refractivity contribution in [1.82, 2.24) is 10.2 Å². The highest BCUT2D eigenvalue weighted by Gasteiger charge is 2.43. The van der Waals surface area contributed by atoms with Crippen LogP contribution in [0, 0.1) is 3.57 Å². The number of hydrogen-bond donors (Lipinski definition) is 3. The molecule has 1 aromatic rings. The number of rotatable bonds is 11. The summed E-state index contributed by atoms with van der Waals surface area (Å²) in [6.45, 7) is 1.44. The average molecular weight is 598 g/mol. The molecule has 35 heavy (non-hydrogen) atoms. The Morgan fingerprint density at radius 2 is 1.89 bits per heavy atom. The summed E-state index contributed by atoms with van der Waals surface area (Å²) in [7, 11) is 0. The van der Waals surface area contributed by atoms with Crippen LogP contribution in [0.1, 0.15) is 58.3 Å². The molecular formula is C26H35IN2O6. The zero-order valence-electron chi connectivity index (χ0n) is 20.1. The molecule has 8 nitrogen and oxygen atoms in total. The van der Waals surface area contributed by atoms with Gasteiger partial charge in [0.25, 0.3) is 0 Å². The molecule has 2 aliphatic carbocycles. The fourth-order valence-electron chi connectivity index (χ4n) is 4.89. The number of carbonyl (C=O) groups excluding carboxylic acids is 3. The van der Waals surface area contributed by atoms with Crippen molar-refractivity contribution >= 4 is 40.2 Å². The zero-order chi connectivity index (χ0) is 25.4. The Balaban J connectivity index is 1.90. The molecular weight excluding hydrogens is 563 g/mol. The summed E-state index contributed by atoms with van der Waals surface area (Å²) in [6.07, 6.45) is 4.69. The minimum absolute atomic E-state index is 0.0168. The van der Waals surface area contributed by atoms with E-state index in [2.05, 4.69) is 27.9 Å². The average Bonchev–Trinajstić information content (AvgIpc) is 3.35. The van der Waals surface area contributed by atoms with Crippen molar-refractivity contribution in [2.24, 2.45) is 0 Å². The maximum Gasteiger partial charge on any atom is 0.247 e. The Labute approximate surface area is 220 Å². The second kappa shape index (κ2) is 13.4. The molecule has 1 fully saturated rings. The van der Waals surface area contributed by atoms with E-state index in [1.807, 2.05) is 18.2 Å². The van der Waals surface area contributed by atoms with Crippen molar-refractivity contribution in [2.75, 3.05) is 13.2 Å². The Kier molecular flexibility index (Phi) is 10.5. The third kappa shape index (κ3) is 7.50. The van der Waals surface area contributed by atoms with E-state index in [1.165, 1.54) is 6.92 Å². The van der Waals surface area contributed by atoms with E-state index in [0.717, 1.165) is 29.3 Å². The first-order chi connectivity index (χ1) is 16.8. The van der Waals surface area contributed by atoms with E-state index in [1.54, 1.807) is 17.0 Å². The molecule has 3 N–H and O–H groups in total. The van der Waals surface area contributed by atoms with Crippen molar-refractivity contribution in [2.45, 2.75) is 82.6 Å². The van der Waals surface area contributed by atoms with E-state index in [9.17, 15) is 19.5 Å². The lowest BCUT2D eigenvalue weighted by molar-refractivity contribution is -0.142. The van der Waals surface area contributed by atoms with Crippen LogP contribution in [0.15, 0.2) is 35.9 Å². The largest absolute Gasteiger partial charge is 0.482 e. The predicted molar refractivity (Wildman–Crippen MR) is 140 cm³/mol. The summed E-state index contributed by atoms with van der Waals surface area (Å²) < 4.78 is 7.04. The standard InChI is InChI=1S/C26H35IN2O6/c1-17(31)7-6-12-24(32)29(19-8-2-3-9-19)21-15-18(26(34)28-13-14-30)16-23(25(21)33)35-22-11-5-4-10-20(22)27/h4-5,10-11,16,19,21,23,25,30,33H,2-3,6-9,12-15H2,1H3,(H,28,34)/t21-,23+,25+/m1/s1. The maximum absolute atomic E-state index is 13.4. The first-order valence-electron chi connectivity index (χ1n) is 12.3. The smallest absolute Gasteiger partial charge is 0.247 e. The molecule has 1 saturated carbocycles. The Morgan fingerprint density at radius 1 is 1.17 bits per heavy atom. The molecule has 9 heteroatoms. The number of aliphatic hydroxyl groups is 2. The number of Topliss-reactive ketones (excluding diaryl/α,β-unsaturated/α-hetero) is 1. The SMILES string of the molecule is CC(=O)CCCC(=O)N(C1CCCC1)[C@@H]1CC(C(=O)NCCO)=C[C@H](Oc2ccccc2I)[C@H]1O. The first kappa shape index (κ1) is 27.6. The summed E-state index contributed by atoms with van der Waals surface area (Å²) in [4.78, 5) is 39.5. The predicted octanol–water partition coefficient (Wildman–Crippen LogP) is 2.74. The molecule has 0 spiro atoms. The van der Waals surface area contributed by atoms with Gasteiger partial charge < -0.3 is 30.0 Å². The Morgan fingerprint density at radius 3 is 2.54 bits per heavy atom. The van der Waals surface area contributed by atoms with Gasteiger partial charge in [0.15, 0.2) is 0 Å². The number of hydrogen-bond acceptors (Lipinski definition) is 6. The van der Waals surface area contributed by atoms with Crippen LogP contribution in [0.25, 0.3) is 0 Å². The summed E-state index contributed by atoms with van der Waals surface area (Å²) in [6, 6.07) is 6.78. The molecule has 192 valence electrons. The van der Waals surface area contributed by atoms with Gasteiger partial charge in [-0.1, -0.05) is 25.0 Å². The van der Waals surface area contributed by atoms with Crippen LogP contribution in [-0.4, -0.2) is 70.2 Å². The van der Waals surface area contributed by atoms with Crippen molar-refractivity contribution in [3.8, 4) is 5.75 Å². The normalized spacial score (nSPS) is 22.4. The molecule has 0 aromatic heterocycles. The van der Waals surface area contributed by atoms with E-state index in [4.69, 9.17) is 9.84 Å². The molecule has 1 aromatic carbocycles. The Bertz CT molecular complexity index is 930. The number of ketones is 1. The summed E-state index contributed by atoms with van der Waals surface area (Å²) in [5.41, 5.74) is 0.421. The number of nitrogens with one attached hydrogen (secondary N) is 1. The third-order valence-electron chi connectivity index (χ3n) is 6.60. The van der Waals surface area contributed by atoms with Gasteiger partial charge in [-0.3, -0.25) is 9.59 Å². The van der Waals surface area contributed by atoms with Crippen LogP contribution in [0.5, 0.6) is 5.75 Å². The second-order valence-electron chi connectivity index (χ2n) is 9.24. The molecule has 3 rings (SSSR count). The van der Waals surface area contributed by atoms with E-state index in [-0.39, 0.29) is 49.6 Å². The Hall–Kier alpha value is -1.98. The van der Waals surface area contributed by atoms with Gasteiger partial charge in [-0.25, -0.2) is 0 Å². The van der Waals surface area contributed by atoms with Crippen molar-refractivity contribution in [3.63, 3.8) is 0 Å². The van der Waals surface area contributed by atoms with Crippen molar-refractivity contribution < 1.29 is 29.3 Å². The highest BCUT2D eigenvalue weighted by molar-refractivity contribution is 14.1. The number of para-hydroxylation sites is 1. The monoisotopic (exact) mass is 598 g/mol. The molecule has 0 radical (unpaired) electrons. The maximum atomic E-state index is 13.4.